The van der Waals surface area contributed by atoms with Crippen LogP contribution < -0.4 is 4.90 Å². The first-order valence-electron chi connectivity index (χ1n) is 10.4. The van der Waals surface area contributed by atoms with Crippen LogP contribution in [0.1, 0.15) is 42.1 Å². The third kappa shape index (κ3) is 2.97. The van der Waals surface area contributed by atoms with Crippen LogP contribution in [0.15, 0.2) is 30.3 Å². The number of fused-ring (bicyclic) bond motifs is 1. The molecule has 1 atom stereocenters. The minimum Gasteiger partial charge on any atom is -0.354 e. The molecule has 0 bridgehead atoms. The molecule has 148 valence electrons. The number of aromatic nitrogens is 3. The predicted octanol–water partition coefficient (Wildman–Crippen LogP) is 3.59. The first-order chi connectivity index (χ1) is 14.1. The molecule has 2 fully saturated rings. The maximum atomic E-state index is 9.97. The summed E-state index contributed by atoms with van der Waals surface area (Å²) in [5, 5.41) is 14.9. The predicted molar refractivity (Wildman–Crippen MR) is 114 cm³/mol. The Morgan fingerprint density at radius 1 is 1.14 bits per heavy atom. The van der Waals surface area contributed by atoms with Crippen molar-refractivity contribution in [2.45, 2.75) is 38.1 Å². The SMILES string of the molecule is Cc1c(-c2ccccc2)c(N2CC[C@H](N(C)C)C2)n2nc(C3CC3)nc2c1C#N. The smallest absolute Gasteiger partial charge is 0.176 e. The van der Waals surface area contributed by atoms with Crippen molar-refractivity contribution in [3.05, 3.63) is 47.3 Å². The highest BCUT2D eigenvalue weighted by molar-refractivity contribution is 5.85. The minimum atomic E-state index is 0.447. The molecule has 29 heavy (non-hydrogen) atoms. The number of rotatable bonds is 4. The van der Waals surface area contributed by atoms with Gasteiger partial charge in [-0.2, -0.15) is 9.78 Å². The summed E-state index contributed by atoms with van der Waals surface area (Å²) in [5.74, 6) is 2.41. The second-order valence-corrected chi connectivity index (χ2v) is 8.51. The van der Waals surface area contributed by atoms with E-state index in [9.17, 15) is 5.26 Å². The molecule has 1 aliphatic heterocycles. The van der Waals surface area contributed by atoms with Crippen LogP contribution in [0.2, 0.25) is 0 Å². The summed E-state index contributed by atoms with van der Waals surface area (Å²) in [5.41, 5.74) is 4.55. The van der Waals surface area contributed by atoms with Crippen LogP contribution in [0.3, 0.4) is 0 Å². The molecule has 6 heteroatoms. The summed E-state index contributed by atoms with van der Waals surface area (Å²) in [6, 6.07) is 13.3. The highest BCUT2D eigenvalue weighted by Crippen LogP contribution is 2.42. The summed E-state index contributed by atoms with van der Waals surface area (Å²) in [6.07, 6.45) is 3.40. The normalized spacial score (nSPS) is 19.3. The first kappa shape index (κ1) is 18.1. The maximum Gasteiger partial charge on any atom is 0.176 e. The fourth-order valence-electron chi connectivity index (χ4n) is 4.45. The molecule has 2 aliphatic rings. The van der Waals surface area contributed by atoms with E-state index in [2.05, 4.69) is 61.2 Å². The zero-order valence-electron chi connectivity index (χ0n) is 17.3. The van der Waals surface area contributed by atoms with Gasteiger partial charge in [-0.1, -0.05) is 30.3 Å². The van der Waals surface area contributed by atoms with Crippen LogP contribution in [0.4, 0.5) is 5.82 Å². The second kappa shape index (κ2) is 6.85. The van der Waals surface area contributed by atoms with Crippen molar-refractivity contribution < 1.29 is 0 Å². The monoisotopic (exact) mass is 386 g/mol. The Hall–Kier alpha value is -2.91. The van der Waals surface area contributed by atoms with Gasteiger partial charge >= 0.3 is 0 Å². The lowest BCUT2D eigenvalue weighted by molar-refractivity contribution is 0.315. The summed E-state index contributed by atoms with van der Waals surface area (Å²) in [7, 11) is 4.29. The fraction of sp³-hybridized carbons (Fsp3) is 0.435. The fourth-order valence-corrected chi connectivity index (χ4v) is 4.45. The Labute approximate surface area is 171 Å². The van der Waals surface area contributed by atoms with Crippen LogP contribution in [-0.2, 0) is 0 Å². The van der Waals surface area contributed by atoms with Gasteiger partial charge in [-0.15, -0.1) is 5.10 Å². The van der Waals surface area contributed by atoms with E-state index in [1.807, 2.05) is 10.6 Å². The molecule has 1 aliphatic carbocycles. The van der Waals surface area contributed by atoms with Crippen LogP contribution >= 0.6 is 0 Å². The average Bonchev–Trinajstić information content (AvgIpc) is 3.29. The molecular formula is C23H26N6. The molecule has 1 saturated carbocycles. The van der Waals surface area contributed by atoms with E-state index < -0.39 is 0 Å². The maximum absolute atomic E-state index is 9.97. The second-order valence-electron chi connectivity index (χ2n) is 8.51. The Morgan fingerprint density at radius 2 is 1.90 bits per heavy atom. The van der Waals surface area contributed by atoms with Gasteiger partial charge in [0.15, 0.2) is 11.5 Å². The Balaban J connectivity index is 1.79. The molecule has 1 saturated heterocycles. The quantitative estimate of drug-likeness (QED) is 0.686. The summed E-state index contributed by atoms with van der Waals surface area (Å²) >= 11 is 0. The topological polar surface area (TPSA) is 60.5 Å². The number of likely N-dealkylation sites (N-methyl/N-ethyl adjacent to an activating group) is 1. The van der Waals surface area contributed by atoms with Crippen molar-refractivity contribution >= 4 is 11.5 Å². The van der Waals surface area contributed by atoms with Crippen molar-refractivity contribution in [1.82, 2.24) is 19.5 Å². The molecule has 0 radical (unpaired) electrons. The van der Waals surface area contributed by atoms with Crippen LogP contribution in [0.25, 0.3) is 16.8 Å². The lowest BCUT2D eigenvalue weighted by atomic mass is 9.97. The Morgan fingerprint density at radius 3 is 2.52 bits per heavy atom. The molecule has 0 spiro atoms. The summed E-state index contributed by atoms with van der Waals surface area (Å²) in [6.45, 7) is 3.98. The van der Waals surface area contributed by atoms with E-state index in [4.69, 9.17) is 10.1 Å². The van der Waals surface area contributed by atoms with Gasteiger partial charge in [0, 0.05) is 30.6 Å². The summed E-state index contributed by atoms with van der Waals surface area (Å²) < 4.78 is 1.96. The number of nitrogens with zero attached hydrogens (tertiary/aromatic N) is 6. The molecule has 3 aromatic rings. The molecule has 2 aromatic heterocycles. The van der Waals surface area contributed by atoms with Gasteiger partial charge in [0.2, 0.25) is 0 Å². The van der Waals surface area contributed by atoms with Crippen molar-refractivity contribution in [3.8, 4) is 17.2 Å². The standard InChI is InChI=1S/C23H26N6/c1-15-19(13-24)22-25-21(17-9-10-17)26-29(22)23(20(15)16-7-5-4-6-8-16)28-12-11-18(14-28)27(2)3/h4-8,17-18H,9-12,14H2,1-3H3/t18-/m0/s1. The van der Waals surface area contributed by atoms with Crippen LogP contribution in [0, 0.1) is 18.3 Å². The number of benzene rings is 1. The number of hydrogen-bond acceptors (Lipinski definition) is 5. The van der Waals surface area contributed by atoms with Crippen LogP contribution in [-0.4, -0.2) is 52.7 Å². The molecule has 1 aromatic carbocycles. The van der Waals surface area contributed by atoms with Gasteiger partial charge in [-0.3, -0.25) is 0 Å². The molecule has 0 unspecified atom stereocenters. The Bertz CT molecular complexity index is 1100. The minimum absolute atomic E-state index is 0.447. The van der Waals surface area contributed by atoms with Gasteiger partial charge in [0.1, 0.15) is 17.5 Å². The third-order valence-electron chi connectivity index (χ3n) is 6.33. The number of pyridine rings is 1. The molecule has 6 nitrogen and oxygen atoms in total. The highest BCUT2D eigenvalue weighted by atomic mass is 15.4. The van der Waals surface area contributed by atoms with Crippen molar-refractivity contribution in [2.24, 2.45) is 0 Å². The zero-order valence-corrected chi connectivity index (χ0v) is 17.3. The molecular weight excluding hydrogens is 360 g/mol. The van der Waals surface area contributed by atoms with Gasteiger partial charge in [0.25, 0.3) is 0 Å². The number of nitriles is 1. The molecule has 0 amide bonds. The average molecular weight is 387 g/mol. The van der Waals surface area contributed by atoms with Crippen LogP contribution in [0.5, 0.6) is 0 Å². The van der Waals surface area contributed by atoms with Gasteiger partial charge in [-0.25, -0.2) is 4.98 Å². The molecule has 0 N–H and O–H groups in total. The summed E-state index contributed by atoms with van der Waals surface area (Å²) in [4.78, 5) is 9.55. The largest absolute Gasteiger partial charge is 0.354 e. The number of hydrogen-bond donors (Lipinski definition) is 0. The highest BCUT2D eigenvalue weighted by Gasteiger charge is 2.33. The van der Waals surface area contributed by atoms with E-state index in [-0.39, 0.29) is 0 Å². The zero-order chi connectivity index (χ0) is 20.1. The van der Waals surface area contributed by atoms with E-state index in [0.29, 0.717) is 23.2 Å². The van der Waals surface area contributed by atoms with Gasteiger partial charge in [-0.05, 0) is 51.4 Å². The lowest BCUT2D eigenvalue weighted by Crippen LogP contribution is -2.32. The van der Waals surface area contributed by atoms with E-state index in [1.54, 1.807) is 0 Å². The van der Waals surface area contributed by atoms with Crippen molar-refractivity contribution in [1.29, 1.82) is 5.26 Å². The third-order valence-corrected chi connectivity index (χ3v) is 6.33. The van der Waals surface area contributed by atoms with Gasteiger partial charge in [0.05, 0.1) is 0 Å². The van der Waals surface area contributed by atoms with Crippen molar-refractivity contribution in [3.63, 3.8) is 0 Å². The van der Waals surface area contributed by atoms with E-state index >= 15 is 0 Å². The molecule has 5 rings (SSSR count). The number of anilines is 1. The lowest BCUT2D eigenvalue weighted by Gasteiger charge is -2.26. The van der Waals surface area contributed by atoms with Crippen molar-refractivity contribution in [2.75, 3.05) is 32.1 Å². The molecule has 3 heterocycles. The Kier molecular flexibility index (Phi) is 4.29. The first-order valence-corrected chi connectivity index (χ1v) is 10.4. The van der Waals surface area contributed by atoms with E-state index in [1.165, 1.54) is 0 Å². The van der Waals surface area contributed by atoms with Gasteiger partial charge < -0.3 is 9.80 Å². The van der Waals surface area contributed by atoms with E-state index in [0.717, 1.165) is 60.7 Å².